The van der Waals surface area contributed by atoms with E-state index in [4.69, 9.17) is 0 Å². The first-order valence-corrected chi connectivity index (χ1v) is 6.35. The summed E-state index contributed by atoms with van der Waals surface area (Å²) in [6.07, 6.45) is 6.78. The molecule has 18 heavy (non-hydrogen) atoms. The first-order valence-electron chi connectivity index (χ1n) is 6.35. The summed E-state index contributed by atoms with van der Waals surface area (Å²) in [5.74, 6) is 0.204. The lowest BCUT2D eigenvalue weighted by Crippen LogP contribution is -2.27. The van der Waals surface area contributed by atoms with Gasteiger partial charge in [0.1, 0.15) is 0 Å². The fraction of sp³-hybridized carbons (Fsp3) is 0.312. The second kappa shape index (κ2) is 8.29. The number of hydrogen-bond acceptors (Lipinski definition) is 1. The Hall–Kier alpha value is -1.83. The highest BCUT2D eigenvalue weighted by atomic mass is 16.1. The number of hydrogen-bond donors (Lipinski definition) is 1. The minimum absolute atomic E-state index is 0.0579. The summed E-state index contributed by atoms with van der Waals surface area (Å²) < 4.78 is 0. The highest BCUT2D eigenvalue weighted by Crippen LogP contribution is 2.12. The van der Waals surface area contributed by atoms with Crippen LogP contribution in [-0.4, -0.2) is 12.5 Å². The summed E-state index contributed by atoms with van der Waals surface area (Å²) in [6.45, 7) is 8.08. The lowest BCUT2D eigenvalue weighted by Gasteiger charge is -2.05. The van der Waals surface area contributed by atoms with Crippen molar-refractivity contribution in [2.75, 3.05) is 6.54 Å². The molecule has 1 aliphatic heterocycles. The van der Waals surface area contributed by atoms with Gasteiger partial charge >= 0.3 is 0 Å². The van der Waals surface area contributed by atoms with E-state index in [-0.39, 0.29) is 11.8 Å². The molecular weight excluding hydrogens is 222 g/mol. The molecule has 1 fully saturated rings. The molecule has 0 saturated carbocycles. The third-order valence-corrected chi connectivity index (χ3v) is 2.90. The molecule has 1 N–H and O–H groups in total. The Kier molecular flexibility index (Phi) is 6.55. The predicted octanol–water partition coefficient (Wildman–Crippen LogP) is 3.42. The topological polar surface area (TPSA) is 29.1 Å². The Bertz CT molecular complexity index is 383. The lowest BCUT2D eigenvalue weighted by molar-refractivity contribution is -0.123. The van der Waals surface area contributed by atoms with Gasteiger partial charge in [-0.1, -0.05) is 55.5 Å². The molecule has 1 aromatic rings. The van der Waals surface area contributed by atoms with Crippen LogP contribution in [0.15, 0.2) is 49.6 Å². The van der Waals surface area contributed by atoms with E-state index < -0.39 is 0 Å². The van der Waals surface area contributed by atoms with Gasteiger partial charge in [0.05, 0.1) is 5.92 Å². The molecule has 1 amide bonds. The van der Waals surface area contributed by atoms with Crippen LogP contribution in [0, 0.1) is 5.92 Å². The molecule has 2 nitrogen and oxygen atoms in total. The second-order valence-electron chi connectivity index (χ2n) is 4.24. The summed E-state index contributed by atoms with van der Waals surface area (Å²) in [5, 5.41) is 2.84. The summed E-state index contributed by atoms with van der Waals surface area (Å²) in [4.78, 5) is 11.1. The minimum atomic E-state index is 0.0579. The fourth-order valence-electron chi connectivity index (χ4n) is 1.78. The first-order chi connectivity index (χ1) is 8.77. The van der Waals surface area contributed by atoms with E-state index in [1.165, 1.54) is 5.56 Å². The summed E-state index contributed by atoms with van der Waals surface area (Å²) in [6, 6.07) is 10.0. The highest BCUT2D eigenvalue weighted by molar-refractivity contribution is 5.80. The van der Waals surface area contributed by atoms with Crippen molar-refractivity contribution in [2.45, 2.75) is 19.3 Å². The van der Waals surface area contributed by atoms with Gasteiger partial charge in [-0.3, -0.25) is 4.79 Å². The van der Waals surface area contributed by atoms with Crippen molar-refractivity contribution < 1.29 is 4.79 Å². The molecule has 0 aromatic heterocycles. The average Bonchev–Trinajstić information content (AvgIpc) is 2.64. The zero-order valence-electron chi connectivity index (χ0n) is 10.8. The molecule has 0 spiro atoms. The molecule has 0 radical (unpaired) electrons. The molecule has 1 aromatic carbocycles. The van der Waals surface area contributed by atoms with Crippen LogP contribution in [0.25, 0.3) is 6.08 Å². The highest BCUT2D eigenvalue weighted by Gasteiger charge is 2.16. The van der Waals surface area contributed by atoms with Crippen molar-refractivity contribution in [2.24, 2.45) is 5.92 Å². The Morgan fingerprint density at radius 2 is 1.89 bits per heavy atom. The van der Waals surface area contributed by atoms with Gasteiger partial charge in [-0.25, -0.2) is 0 Å². The van der Waals surface area contributed by atoms with E-state index in [1.54, 1.807) is 6.08 Å². The standard InChI is InChI=1S/C8H13NO.C8H8/c1-2-7-5-3-4-6-9-8(7)10;1-2-8-6-4-3-5-7-8/h2,7H,1,3-6H2,(H,9,10);2-7H,1H2. The van der Waals surface area contributed by atoms with Crippen LogP contribution in [0.3, 0.4) is 0 Å². The molecule has 2 rings (SSSR count). The third-order valence-electron chi connectivity index (χ3n) is 2.90. The molecule has 96 valence electrons. The van der Waals surface area contributed by atoms with Crippen LogP contribution in [0.1, 0.15) is 24.8 Å². The minimum Gasteiger partial charge on any atom is -0.356 e. The van der Waals surface area contributed by atoms with E-state index in [9.17, 15) is 4.79 Å². The van der Waals surface area contributed by atoms with E-state index in [2.05, 4.69) is 18.5 Å². The maximum Gasteiger partial charge on any atom is 0.226 e. The van der Waals surface area contributed by atoms with Crippen LogP contribution in [-0.2, 0) is 4.79 Å². The van der Waals surface area contributed by atoms with Crippen molar-refractivity contribution in [3.8, 4) is 0 Å². The summed E-state index contributed by atoms with van der Waals surface area (Å²) in [5.41, 5.74) is 1.17. The van der Waals surface area contributed by atoms with E-state index in [1.807, 2.05) is 36.4 Å². The van der Waals surface area contributed by atoms with Crippen molar-refractivity contribution >= 4 is 12.0 Å². The number of carbonyl (C=O) groups excluding carboxylic acids is 1. The Labute approximate surface area is 109 Å². The molecule has 2 heteroatoms. The third kappa shape index (κ3) is 5.00. The van der Waals surface area contributed by atoms with Crippen LogP contribution >= 0.6 is 0 Å². The quantitative estimate of drug-likeness (QED) is 0.792. The van der Waals surface area contributed by atoms with Gasteiger partial charge in [0.25, 0.3) is 0 Å². The average molecular weight is 243 g/mol. The SMILES string of the molecule is C=CC1CCCCNC1=O.C=Cc1ccccc1. The van der Waals surface area contributed by atoms with Crippen LogP contribution in [0.4, 0.5) is 0 Å². The molecule has 1 unspecified atom stereocenters. The maximum atomic E-state index is 11.1. The molecular formula is C16H21NO. The normalized spacial score (nSPS) is 18.7. The van der Waals surface area contributed by atoms with Crippen molar-refractivity contribution in [3.63, 3.8) is 0 Å². The van der Waals surface area contributed by atoms with Gasteiger partial charge in [0.2, 0.25) is 5.91 Å². The molecule has 1 saturated heterocycles. The molecule has 0 aliphatic carbocycles. The smallest absolute Gasteiger partial charge is 0.226 e. The largest absolute Gasteiger partial charge is 0.356 e. The van der Waals surface area contributed by atoms with Crippen LogP contribution in [0.2, 0.25) is 0 Å². The van der Waals surface area contributed by atoms with Gasteiger partial charge in [-0.15, -0.1) is 6.58 Å². The van der Waals surface area contributed by atoms with Gasteiger partial charge < -0.3 is 5.32 Å². The van der Waals surface area contributed by atoms with E-state index in [0.717, 1.165) is 25.8 Å². The fourth-order valence-corrected chi connectivity index (χ4v) is 1.78. The molecule has 1 atom stereocenters. The number of carbonyl (C=O) groups is 1. The summed E-state index contributed by atoms with van der Waals surface area (Å²) >= 11 is 0. The molecule has 0 bridgehead atoms. The summed E-state index contributed by atoms with van der Waals surface area (Å²) in [7, 11) is 0. The van der Waals surface area contributed by atoms with E-state index in [0.29, 0.717) is 0 Å². The van der Waals surface area contributed by atoms with Crippen molar-refractivity contribution in [1.29, 1.82) is 0 Å². The molecule has 1 aliphatic rings. The lowest BCUT2D eigenvalue weighted by atomic mass is 10.0. The monoisotopic (exact) mass is 243 g/mol. The second-order valence-corrected chi connectivity index (χ2v) is 4.24. The zero-order chi connectivity index (χ0) is 13.2. The van der Waals surface area contributed by atoms with Gasteiger partial charge in [-0.2, -0.15) is 0 Å². The number of amides is 1. The Morgan fingerprint density at radius 1 is 1.17 bits per heavy atom. The maximum absolute atomic E-state index is 11.1. The van der Waals surface area contributed by atoms with Gasteiger partial charge in [0.15, 0.2) is 0 Å². The zero-order valence-corrected chi connectivity index (χ0v) is 10.8. The molecule has 1 heterocycles. The number of rotatable bonds is 2. The first kappa shape index (κ1) is 14.2. The Morgan fingerprint density at radius 3 is 2.44 bits per heavy atom. The Balaban J connectivity index is 0.000000184. The van der Waals surface area contributed by atoms with Crippen LogP contribution < -0.4 is 5.32 Å². The predicted molar refractivity (Wildman–Crippen MR) is 77.1 cm³/mol. The van der Waals surface area contributed by atoms with Crippen LogP contribution in [0.5, 0.6) is 0 Å². The van der Waals surface area contributed by atoms with Gasteiger partial charge in [0, 0.05) is 6.54 Å². The van der Waals surface area contributed by atoms with E-state index >= 15 is 0 Å². The van der Waals surface area contributed by atoms with Crippen molar-refractivity contribution in [3.05, 3.63) is 55.1 Å². The number of nitrogens with one attached hydrogen (secondary N) is 1. The number of benzene rings is 1. The van der Waals surface area contributed by atoms with Gasteiger partial charge in [-0.05, 0) is 18.4 Å². The van der Waals surface area contributed by atoms with Crippen molar-refractivity contribution in [1.82, 2.24) is 5.32 Å².